The molecule has 0 saturated carbocycles. The van der Waals surface area contributed by atoms with Crippen molar-refractivity contribution in [2.24, 2.45) is 5.73 Å². The molecule has 1 aromatic heterocycles. The van der Waals surface area contributed by atoms with E-state index in [1.54, 1.807) is 0 Å². The Morgan fingerprint density at radius 1 is 1.36 bits per heavy atom. The van der Waals surface area contributed by atoms with Crippen molar-refractivity contribution in [2.45, 2.75) is 25.3 Å². The van der Waals surface area contributed by atoms with E-state index in [4.69, 9.17) is 5.73 Å². The Balaban J connectivity index is 2.13. The lowest BCUT2D eigenvalue weighted by atomic mass is 9.94. The molecule has 0 aromatic carbocycles. The Bertz CT molecular complexity index is 292. The molecule has 0 atom stereocenters. The van der Waals surface area contributed by atoms with E-state index in [1.807, 2.05) is 6.07 Å². The maximum Gasteiger partial charge on any atom is 0.0542 e. The lowest BCUT2D eigenvalue weighted by Gasteiger charge is -2.22. The fourth-order valence-electron chi connectivity index (χ4n) is 1.96. The number of pyridine rings is 1. The van der Waals surface area contributed by atoms with Gasteiger partial charge in [-0.25, -0.2) is 0 Å². The van der Waals surface area contributed by atoms with Crippen molar-refractivity contribution in [1.82, 2.24) is 10.3 Å². The van der Waals surface area contributed by atoms with E-state index in [1.165, 1.54) is 18.5 Å². The summed E-state index contributed by atoms with van der Waals surface area (Å²) < 4.78 is 0. The molecule has 3 N–H and O–H groups in total. The number of hydrogen-bond acceptors (Lipinski definition) is 3. The molecule has 76 valence electrons. The summed E-state index contributed by atoms with van der Waals surface area (Å²) in [6.45, 7) is 2.76. The second kappa shape index (κ2) is 4.53. The first-order valence-electron chi connectivity index (χ1n) is 5.27. The topological polar surface area (TPSA) is 50.9 Å². The molecular formula is C11H17N3. The minimum Gasteiger partial charge on any atom is -0.325 e. The molecule has 0 bridgehead atoms. The highest BCUT2D eigenvalue weighted by Crippen LogP contribution is 2.23. The second-order valence-electron chi connectivity index (χ2n) is 3.78. The lowest BCUT2D eigenvalue weighted by molar-refractivity contribution is 0.452. The van der Waals surface area contributed by atoms with E-state index in [0.29, 0.717) is 12.5 Å². The first kappa shape index (κ1) is 9.62. The first-order valence-corrected chi connectivity index (χ1v) is 5.27. The van der Waals surface area contributed by atoms with Crippen LogP contribution in [0.3, 0.4) is 0 Å². The molecule has 3 heteroatoms. The molecule has 0 radical (unpaired) electrons. The van der Waals surface area contributed by atoms with E-state index >= 15 is 0 Å². The number of aromatic nitrogens is 1. The molecule has 0 aliphatic carbocycles. The number of hydrogen-bond donors (Lipinski definition) is 2. The summed E-state index contributed by atoms with van der Waals surface area (Å²) in [5, 5.41) is 3.36. The van der Waals surface area contributed by atoms with Gasteiger partial charge in [-0.3, -0.25) is 4.98 Å². The van der Waals surface area contributed by atoms with Crippen molar-refractivity contribution in [3.63, 3.8) is 0 Å². The van der Waals surface area contributed by atoms with Gasteiger partial charge in [0.15, 0.2) is 0 Å². The highest BCUT2D eigenvalue weighted by molar-refractivity contribution is 5.15. The first-order chi connectivity index (χ1) is 6.90. The molecule has 3 nitrogen and oxygen atoms in total. The van der Waals surface area contributed by atoms with Crippen LogP contribution in [0.15, 0.2) is 18.2 Å². The van der Waals surface area contributed by atoms with Gasteiger partial charge in [-0.05, 0) is 38.1 Å². The summed E-state index contributed by atoms with van der Waals surface area (Å²) in [6.07, 6.45) is 2.39. The molecule has 2 rings (SSSR count). The molecule has 0 amide bonds. The third kappa shape index (κ3) is 2.11. The van der Waals surface area contributed by atoms with Gasteiger partial charge in [0.2, 0.25) is 0 Å². The van der Waals surface area contributed by atoms with Crippen molar-refractivity contribution in [3.05, 3.63) is 29.6 Å². The van der Waals surface area contributed by atoms with Crippen LogP contribution in [0.4, 0.5) is 0 Å². The smallest absolute Gasteiger partial charge is 0.0542 e. The number of piperidine rings is 1. The predicted octanol–water partition coefficient (Wildman–Crippen LogP) is 1.01. The predicted molar refractivity (Wildman–Crippen MR) is 57.0 cm³/mol. The van der Waals surface area contributed by atoms with Gasteiger partial charge >= 0.3 is 0 Å². The third-order valence-corrected chi connectivity index (χ3v) is 2.79. The fraction of sp³-hybridized carbons (Fsp3) is 0.545. The van der Waals surface area contributed by atoms with Crippen LogP contribution in [0.5, 0.6) is 0 Å². The highest BCUT2D eigenvalue weighted by atomic mass is 14.9. The van der Waals surface area contributed by atoms with Crippen molar-refractivity contribution < 1.29 is 0 Å². The molecule has 1 aliphatic rings. The monoisotopic (exact) mass is 191 g/mol. The van der Waals surface area contributed by atoms with Crippen LogP contribution in [0.25, 0.3) is 0 Å². The van der Waals surface area contributed by atoms with Gasteiger partial charge in [0.05, 0.1) is 5.69 Å². The Morgan fingerprint density at radius 3 is 2.86 bits per heavy atom. The molecule has 1 aliphatic heterocycles. The molecule has 14 heavy (non-hydrogen) atoms. The zero-order chi connectivity index (χ0) is 9.80. The van der Waals surface area contributed by atoms with E-state index < -0.39 is 0 Å². The van der Waals surface area contributed by atoms with Gasteiger partial charge in [0.25, 0.3) is 0 Å². The van der Waals surface area contributed by atoms with Crippen LogP contribution < -0.4 is 11.1 Å². The molecule has 0 spiro atoms. The number of nitrogens with two attached hydrogens (primary N) is 1. The Labute approximate surface area is 84.7 Å². The molecule has 1 aromatic rings. The Kier molecular flexibility index (Phi) is 3.11. The van der Waals surface area contributed by atoms with Gasteiger partial charge in [0, 0.05) is 18.2 Å². The minimum absolute atomic E-state index is 0.540. The van der Waals surface area contributed by atoms with E-state index in [0.717, 1.165) is 18.8 Å². The van der Waals surface area contributed by atoms with Crippen LogP contribution in [0.1, 0.15) is 30.1 Å². The fourth-order valence-corrected chi connectivity index (χ4v) is 1.96. The number of nitrogens with zero attached hydrogens (tertiary/aromatic N) is 1. The molecule has 1 saturated heterocycles. The quantitative estimate of drug-likeness (QED) is 0.733. The largest absolute Gasteiger partial charge is 0.325 e. The zero-order valence-corrected chi connectivity index (χ0v) is 8.37. The SMILES string of the molecule is NCc1cccc(C2CCNCC2)n1. The van der Waals surface area contributed by atoms with Gasteiger partial charge in [-0.15, -0.1) is 0 Å². The molecular weight excluding hydrogens is 174 g/mol. The van der Waals surface area contributed by atoms with Crippen LogP contribution in [-0.4, -0.2) is 18.1 Å². The summed E-state index contributed by atoms with van der Waals surface area (Å²) in [5.41, 5.74) is 7.79. The van der Waals surface area contributed by atoms with E-state index in [2.05, 4.69) is 22.4 Å². The van der Waals surface area contributed by atoms with Crippen molar-refractivity contribution >= 4 is 0 Å². The summed E-state index contributed by atoms with van der Waals surface area (Å²) in [7, 11) is 0. The summed E-state index contributed by atoms with van der Waals surface area (Å²) >= 11 is 0. The zero-order valence-electron chi connectivity index (χ0n) is 8.37. The Hall–Kier alpha value is -0.930. The average molecular weight is 191 g/mol. The lowest BCUT2D eigenvalue weighted by Crippen LogP contribution is -2.27. The number of nitrogens with one attached hydrogen (secondary N) is 1. The van der Waals surface area contributed by atoms with Crippen LogP contribution in [0, 0.1) is 0 Å². The average Bonchev–Trinajstić information content (AvgIpc) is 2.30. The minimum atomic E-state index is 0.540. The standard InChI is InChI=1S/C11H17N3/c12-8-10-2-1-3-11(14-10)9-4-6-13-7-5-9/h1-3,9,13H,4-8,12H2. The highest BCUT2D eigenvalue weighted by Gasteiger charge is 2.16. The molecule has 2 heterocycles. The summed E-state index contributed by atoms with van der Waals surface area (Å²) in [6, 6.07) is 6.17. The van der Waals surface area contributed by atoms with Crippen LogP contribution in [-0.2, 0) is 6.54 Å². The Morgan fingerprint density at radius 2 is 2.14 bits per heavy atom. The third-order valence-electron chi connectivity index (χ3n) is 2.79. The molecule has 1 fully saturated rings. The van der Waals surface area contributed by atoms with Gasteiger partial charge in [-0.2, -0.15) is 0 Å². The molecule has 0 unspecified atom stereocenters. The maximum absolute atomic E-state index is 5.57. The van der Waals surface area contributed by atoms with Crippen LogP contribution in [0.2, 0.25) is 0 Å². The van der Waals surface area contributed by atoms with Gasteiger partial charge in [-0.1, -0.05) is 6.07 Å². The van der Waals surface area contributed by atoms with Crippen molar-refractivity contribution in [1.29, 1.82) is 0 Å². The van der Waals surface area contributed by atoms with E-state index in [9.17, 15) is 0 Å². The van der Waals surface area contributed by atoms with Gasteiger partial charge < -0.3 is 11.1 Å². The number of rotatable bonds is 2. The van der Waals surface area contributed by atoms with Crippen molar-refractivity contribution in [2.75, 3.05) is 13.1 Å². The summed E-state index contributed by atoms with van der Waals surface area (Å²) in [4.78, 5) is 4.56. The normalized spacial score (nSPS) is 18.4. The van der Waals surface area contributed by atoms with E-state index in [-0.39, 0.29) is 0 Å². The second-order valence-corrected chi connectivity index (χ2v) is 3.78. The van der Waals surface area contributed by atoms with Crippen LogP contribution >= 0.6 is 0 Å². The van der Waals surface area contributed by atoms with Gasteiger partial charge in [0.1, 0.15) is 0 Å². The summed E-state index contributed by atoms with van der Waals surface area (Å²) in [5.74, 6) is 0.628. The van der Waals surface area contributed by atoms with Crippen molar-refractivity contribution in [3.8, 4) is 0 Å². The maximum atomic E-state index is 5.57.